The Labute approximate surface area is 228 Å². The predicted molar refractivity (Wildman–Crippen MR) is 158 cm³/mol. The number of aliphatic imine (C=N–C) groups is 2. The molecule has 0 spiro atoms. The van der Waals surface area contributed by atoms with Gasteiger partial charge in [0.05, 0.1) is 24.0 Å². The Morgan fingerprint density at radius 2 is 2.03 bits per heavy atom. The number of nitrogens with one attached hydrogen (secondary N) is 2. The lowest BCUT2D eigenvalue weighted by molar-refractivity contribution is 0.102. The summed E-state index contributed by atoms with van der Waals surface area (Å²) in [5.74, 6) is 0.0688. The standard InChI is InChI=1S/C30H39FN6O.2H2/c1-7-36(6)18-28-22(5)34-29(16-32-28)33-21(4)25-15-24(10-9-19(25)2)35-30(38)23-13-20(3)26(27(31)14-23)17-37-11-8-12-37;;/h9-10,13-16,18,21-22H,7-8,11-12,17H2,1-6H3,(H,33,34)(H,35,38);2*1H/b28-18+;;/t21-,22?;;/m0../s1. The second-order valence-corrected chi connectivity index (χ2v) is 10.4. The highest BCUT2D eigenvalue weighted by Gasteiger charge is 2.20. The highest BCUT2D eigenvalue weighted by Crippen LogP contribution is 2.25. The lowest BCUT2D eigenvalue weighted by atomic mass is 10.0. The lowest BCUT2D eigenvalue weighted by Crippen LogP contribution is -2.36. The van der Waals surface area contributed by atoms with Crippen LogP contribution in [0.4, 0.5) is 10.1 Å². The molecule has 38 heavy (non-hydrogen) atoms. The number of likely N-dealkylation sites (tertiary alicyclic amines) is 1. The molecule has 0 saturated carbocycles. The van der Waals surface area contributed by atoms with Gasteiger partial charge in [-0.15, -0.1) is 0 Å². The van der Waals surface area contributed by atoms with Crippen LogP contribution in [0.25, 0.3) is 0 Å². The number of carbonyl (C=O) groups is 1. The fourth-order valence-corrected chi connectivity index (χ4v) is 4.64. The van der Waals surface area contributed by atoms with Gasteiger partial charge >= 0.3 is 0 Å². The summed E-state index contributed by atoms with van der Waals surface area (Å²) in [5.41, 5.74) is 5.49. The lowest BCUT2D eigenvalue weighted by Gasteiger charge is -2.31. The number of benzene rings is 2. The third-order valence-corrected chi connectivity index (χ3v) is 7.33. The van der Waals surface area contributed by atoms with Gasteiger partial charge in [0.2, 0.25) is 0 Å². The van der Waals surface area contributed by atoms with E-state index < -0.39 is 0 Å². The second-order valence-electron chi connectivity index (χ2n) is 10.4. The van der Waals surface area contributed by atoms with Crippen LogP contribution in [0, 0.1) is 19.7 Å². The van der Waals surface area contributed by atoms with Gasteiger partial charge in [0.15, 0.2) is 0 Å². The second kappa shape index (κ2) is 11.9. The maximum atomic E-state index is 14.9. The van der Waals surface area contributed by atoms with E-state index in [2.05, 4.69) is 39.3 Å². The number of rotatable bonds is 8. The van der Waals surface area contributed by atoms with Crippen molar-refractivity contribution < 1.29 is 12.0 Å². The van der Waals surface area contributed by atoms with Crippen LogP contribution in [-0.2, 0) is 6.54 Å². The fraction of sp³-hybridized carbons (Fsp3) is 0.433. The van der Waals surface area contributed by atoms with E-state index in [-0.39, 0.29) is 26.7 Å². The van der Waals surface area contributed by atoms with E-state index in [9.17, 15) is 9.18 Å². The topological polar surface area (TPSA) is 72.3 Å². The molecule has 0 bridgehead atoms. The van der Waals surface area contributed by atoms with Crippen LogP contribution in [0.2, 0.25) is 0 Å². The smallest absolute Gasteiger partial charge is 0.255 e. The van der Waals surface area contributed by atoms with E-state index in [0.717, 1.165) is 54.3 Å². The van der Waals surface area contributed by atoms with Crippen LogP contribution in [-0.4, -0.2) is 60.5 Å². The van der Waals surface area contributed by atoms with Gasteiger partial charge in [0.25, 0.3) is 5.91 Å². The summed E-state index contributed by atoms with van der Waals surface area (Å²) in [6.45, 7) is 13.6. The third kappa shape index (κ3) is 6.48. The van der Waals surface area contributed by atoms with Gasteiger partial charge in [-0.3, -0.25) is 19.7 Å². The molecule has 2 heterocycles. The van der Waals surface area contributed by atoms with Gasteiger partial charge in [-0.05, 0) is 95.1 Å². The zero-order valence-electron chi connectivity index (χ0n) is 23.3. The van der Waals surface area contributed by atoms with Crippen molar-refractivity contribution in [3.63, 3.8) is 0 Å². The largest absolute Gasteiger partial charge is 0.379 e. The molecule has 1 fully saturated rings. The molecule has 4 rings (SSSR count). The van der Waals surface area contributed by atoms with Crippen LogP contribution in [0.5, 0.6) is 0 Å². The molecule has 2 aliphatic rings. The van der Waals surface area contributed by atoms with Crippen molar-refractivity contribution >= 4 is 23.6 Å². The number of halogens is 1. The summed E-state index contributed by atoms with van der Waals surface area (Å²) in [4.78, 5) is 26.7. The van der Waals surface area contributed by atoms with E-state index in [1.807, 2.05) is 52.2 Å². The van der Waals surface area contributed by atoms with Crippen molar-refractivity contribution in [2.24, 2.45) is 9.98 Å². The maximum absolute atomic E-state index is 14.9. The summed E-state index contributed by atoms with van der Waals surface area (Å²) in [7, 11) is 2.02. The van der Waals surface area contributed by atoms with E-state index in [4.69, 9.17) is 4.99 Å². The summed E-state index contributed by atoms with van der Waals surface area (Å²) in [5, 5.41) is 6.39. The Kier molecular flexibility index (Phi) is 8.62. The first-order valence-electron chi connectivity index (χ1n) is 13.4. The average Bonchev–Trinajstić information content (AvgIpc) is 2.85. The molecule has 0 aromatic heterocycles. The van der Waals surface area contributed by atoms with Crippen LogP contribution >= 0.6 is 0 Å². The first-order valence-corrected chi connectivity index (χ1v) is 13.4. The Bertz CT molecular complexity index is 1270. The molecule has 8 heteroatoms. The fourth-order valence-electron chi connectivity index (χ4n) is 4.64. The summed E-state index contributed by atoms with van der Waals surface area (Å²) in [6, 6.07) is 8.82. The molecule has 1 unspecified atom stereocenters. The quantitative estimate of drug-likeness (QED) is 0.466. The minimum atomic E-state index is -0.327. The molecule has 206 valence electrons. The number of nitrogens with zero attached hydrogens (tertiary/aromatic N) is 4. The number of amidine groups is 1. The predicted octanol–water partition coefficient (Wildman–Crippen LogP) is 5.71. The molecule has 2 aromatic rings. The van der Waals surface area contributed by atoms with Crippen molar-refractivity contribution in [3.05, 3.63) is 75.9 Å². The van der Waals surface area contributed by atoms with Gasteiger partial charge in [0, 0.05) is 46.0 Å². The number of amides is 1. The maximum Gasteiger partial charge on any atom is 0.255 e. The molecular weight excluding hydrogens is 479 g/mol. The summed E-state index contributed by atoms with van der Waals surface area (Å²) >= 11 is 0. The van der Waals surface area contributed by atoms with Gasteiger partial charge in [-0.1, -0.05) is 6.07 Å². The highest BCUT2D eigenvalue weighted by molar-refractivity contribution is 6.30. The van der Waals surface area contributed by atoms with Crippen molar-refractivity contribution in [1.82, 2.24) is 15.1 Å². The summed E-state index contributed by atoms with van der Waals surface area (Å²) < 4.78 is 14.9. The normalized spacial score (nSPS) is 19.1. The number of anilines is 1. The van der Waals surface area contributed by atoms with E-state index in [1.54, 1.807) is 12.3 Å². The minimum absolute atomic E-state index is 0. The van der Waals surface area contributed by atoms with Crippen molar-refractivity contribution in [2.75, 3.05) is 32.0 Å². The van der Waals surface area contributed by atoms with Gasteiger partial charge in [-0.2, -0.15) is 0 Å². The first-order chi connectivity index (χ1) is 18.1. The minimum Gasteiger partial charge on any atom is -0.379 e. The molecule has 2 aromatic carbocycles. The molecular formula is C30H43FN6O. The molecule has 0 radical (unpaired) electrons. The zero-order valence-corrected chi connectivity index (χ0v) is 23.3. The SMILES string of the molecule is CCN(C)/C=C1/N=CC(N[C@@H](C)c2cc(NC(=O)c3cc(C)c(CN4CCC4)c(F)c3)ccc2C)=NC1C.[HH].[HH]. The van der Waals surface area contributed by atoms with Gasteiger partial charge in [0.1, 0.15) is 11.7 Å². The Morgan fingerprint density at radius 1 is 1.26 bits per heavy atom. The first kappa shape index (κ1) is 27.5. The molecule has 1 saturated heterocycles. The van der Waals surface area contributed by atoms with Crippen molar-refractivity contribution in [3.8, 4) is 0 Å². The van der Waals surface area contributed by atoms with E-state index in [1.165, 1.54) is 6.07 Å². The number of hydrogen-bond acceptors (Lipinski definition) is 6. The summed E-state index contributed by atoms with van der Waals surface area (Å²) in [6.07, 6.45) is 4.94. The number of hydrogen-bond donors (Lipinski definition) is 2. The molecule has 2 atom stereocenters. The van der Waals surface area contributed by atoms with Crippen LogP contribution in [0.15, 0.2) is 52.2 Å². The van der Waals surface area contributed by atoms with Crippen molar-refractivity contribution in [1.29, 1.82) is 0 Å². The molecule has 2 N–H and O–H groups in total. The Balaban J connectivity index is 0.00000280. The van der Waals surface area contributed by atoms with Crippen molar-refractivity contribution in [2.45, 2.75) is 59.7 Å². The number of aryl methyl sites for hydroxylation is 2. The Morgan fingerprint density at radius 3 is 2.66 bits per heavy atom. The van der Waals surface area contributed by atoms with E-state index >= 15 is 0 Å². The third-order valence-electron chi connectivity index (χ3n) is 7.33. The molecule has 0 aliphatic carbocycles. The van der Waals surface area contributed by atoms with E-state index in [0.29, 0.717) is 23.4 Å². The Hall–Kier alpha value is -3.52. The highest BCUT2D eigenvalue weighted by atomic mass is 19.1. The van der Waals surface area contributed by atoms with Gasteiger partial charge in [-0.25, -0.2) is 4.39 Å². The molecule has 1 amide bonds. The zero-order chi connectivity index (χ0) is 27.4. The van der Waals surface area contributed by atoms with Crippen LogP contribution in [0.1, 0.15) is 68.7 Å². The molecule has 2 aliphatic heterocycles. The monoisotopic (exact) mass is 522 g/mol. The van der Waals surface area contributed by atoms with Crippen LogP contribution in [0.3, 0.4) is 0 Å². The van der Waals surface area contributed by atoms with Gasteiger partial charge < -0.3 is 15.5 Å². The number of carbonyl (C=O) groups excluding carboxylic acids is 1. The van der Waals surface area contributed by atoms with Crippen LogP contribution < -0.4 is 10.6 Å². The average molecular weight is 523 g/mol. The molecule has 7 nitrogen and oxygen atoms in total.